The van der Waals surface area contributed by atoms with Crippen molar-refractivity contribution >= 4 is 35.2 Å². The molecule has 130 valence electrons. The van der Waals surface area contributed by atoms with Crippen LogP contribution in [0.1, 0.15) is 28.5 Å². The molecule has 0 fully saturated rings. The Bertz CT molecular complexity index is 869. The van der Waals surface area contributed by atoms with E-state index in [0.29, 0.717) is 5.56 Å². The van der Waals surface area contributed by atoms with Gasteiger partial charge in [0.25, 0.3) is 5.91 Å². The molecule has 0 atom stereocenters. The number of nitrogens with zero attached hydrogens (tertiary/aromatic N) is 3. The van der Waals surface area contributed by atoms with Crippen molar-refractivity contribution in [3.63, 3.8) is 0 Å². The van der Waals surface area contributed by atoms with Crippen LogP contribution >= 0.6 is 0 Å². The molecule has 0 bridgehead atoms. The first-order chi connectivity index (χ1) is 12.0. The van der Waals surface area contributed by atoms with Gasteiger partial charge in [0, 0.05) is 37.6 Å². The first-order valence-electron chi connectivity index (χ1n) is 7.79. The van der Waals surface area contributed by atoms with E-state index in [-0.39, 0.29) is 11.9 Å². The van der Waals surface area contributed by atoms with E-state index in [9.17, 15) is 4.79 Å². The molecule has 0 saturated carbocycles. The third kappa shape index (κ3) is 4.00. The number of aryl methyl sites for hydroxylation is 1. The van der Waals surface area contributed by atoms with Gasteiger partial charge in [-0.1, -0.05) is 12.1 Å². The number of hydrogen-bond acceptors (Lipinski definition) is 5. The fourth-order valence-electron chi connectivity index (χ4n) is 2.55. The molecule has 0 radical (unpaired) electrons. The summed E-state index contributed by atoms with van der Waals surface area (Å²) >= 11 is 0. The number of pyridine rings is 1. The summed E-state index contributed by atoms with van der Waals surface area (Å²) in [6.07, 6.45) is 1.98. The van der Waals surface area contributed by atoms with Gasteiger partial charge in [0.15, 0.2) is 0 Å². The van der Waals surface area contributed by atoms with Crippen LogP contribution in [0.3, 0.4) is 0 Å². The van der Waals surface area contributed by atoms with Gasteiger partial charge in [-0.25, -0.2) is 5.43 Å². The van der Waals surface area contributed by atoms with E-state index in [1.54, 1.807) is 13.1 Å². The minimum atomic E-state index is -0.295. The van der Waals surface area contributed by atoms with Gasteiger partial charge >= 0.3 is 0 Å². The summed E-state index contributed by atoms with van der Waals surface area (Å²) in [6, 6.07) is 7.59. The standard InChI is InChI=1S/C18H22N6O/c1-6-15(19-3)12-7-8-16-13(10-12)14(9-11(2)22-16)17(25)23-18(20-4)24-21-5/h6-10,19H,5H2,1-4H3,(H2,20,23,24,25)/b15-6-. The Kier molecular flexibility index (Phi) is 5.84. The highest BCUT2D eigenvalue weighted by molar-refractivity contribution is 6.12. The van der Waals surface area contributed by atoms with Crippen LogP contribution in [0.5, 0.6) is 0 Å². The Labute approximate surface area is 146 Å². The van der Waals surface area contributed by atoms with Crippen LogP contribution < -0.4 is 16.1 Å². The number of carbonyl (C=O) groups excluding carboxylic acids is 1. The molecule has 1 aromatic carbocycles. The molecule has 25 heavy (non-hydrogen) atoms. The zero-order valence-corrected chi connectivity index (χ0v) is 14.8. The van der Waals surface area contributed by atoms with Crippen LogP contribution in [0.4, 0.5) is 0 Å². The maximum atomic E-state index is 12.7. The van der Waals surface area contributed by atoms with Gasteiger partial charge in [-0.15, -0.1) is 0 Å². The second-order valence-corrected chi connectivity index (χ2v) is 5.29. The number of carbonyl (C=O) groups is 1. The van der Waals surface area contributed by atoms with Crippen molar-refractivity contribution in [2.24, 2.45) is 10.1 Å². The monoisotopic (exact) mass is 338 g/mol. The molecule has 0 aliphatic heterocycles. The first-order valence-corrected chi connectivity index (χ1v) is 7.79. The molecule has 1 amide bonds. The second kappa shape index (κ2) is 8.05. The number of rotatable bonds is 4. The third-order valence-corrected chi connectivity index (χ3v) is 3.69. The molecule has 1 heterocycles. The number of amides is 1. The minimum Gasteiger partial charge on any atom is -0.388 e. The van der Waals surface area contributed by atoms with E-state index < -0.39 is 0 Å². The van der Waals surface area contributed by atoms with Gasteiger partial charge in [0.05, 0.1) is 11.1 Å². The topological polar surface area (TPSA) is 90.8 Å². The van der Waals surface area contributed by atoms with Gasteiger partial charge in [0.2, 0.25) is 5.96 Å². The fraction of sp³-hybridized carbons (Fsp3) is 0.222. The number of hydrazone groups is 1. The van der Waals surface area contributed by atoms with E-state index in [2.05, 4.69) is 37.9 Å². The average Bonchev–Trinajstić information content (AvgIpc) is 2.61. The Morgan fingerprint density at radius 3 is 2.68 bits per heavy atom. The van der Waals surface area contributed by atoms with Crippen molar-refractivity contribution < 1.29 is 4.79 Å². The quantitative estimate of drug-likeness (QED) is 0.452. The number of benzene rings is 1. The lowest BCUT2D eigenvalue weighted by atomic mass is 10.0. The molecular weight excluding hydrogens is 316 g/mol. The average molecular weight is 338 g/mol. The van der Waals surface area contributed by atoms with Crippen LogP contribution in [0.2, 0.25) is 0 Å². The van der Waals surface area contributed by atoms with Crippen LogP contribution in [0.25, 0.3) is 16.6 Å². The Balaban J connectivity index is 2.55. The normalized spacial score (nSPS) is 12.0. The number of fused-ring (bicyclic) bond motifs is 1. The summed E-state index contributed by atoms with van der Waals surface area (Å²) < 4.78 is 0. The minimum absolute atomic E-state index is 0.225. The van der Waals surface area contributed by atoms with Gasteiger partial charge in [-0.2, -0.15) is 5.10 Å². The summed E-state index contributed by atoms with van der Waals surface area (Å²) in [4.78, 5) is 21.2. The van der Waals surface area contributed by atoms with Crippen molar-refractivity contribution in [3.8, 4) is 0 Å². The predicted molar refractivity (Wildman–Crippen MR) is 103 cm³/mol. The van der Waals surface area contributed by atoms with Crippen molar-refractivity contribution in [2.45, 2.75) is 13.8 Å². The third-order valence-electron chi connectivity index (χ3n) is 3.69. The smallest absolute Gasteiger partial charge is 0.258 e. The maximum Gasteiger partial charge on any atom is 0.258 e. The lowest BCUT2D eigenvalue weighted by molar-refractivity contribution is 0.0977. The van der Waals surface area contributed by atoms with Gasteiger partial charge in [-0.05, 0) is 37.6 Å². The highest BCUT2D eigenvalue weighted by atomic mass is 16.1. The van der Waals surface area contributed by atoms with E-state index in [1.807, 2.05) is 45.2 Å². The zero-order chi connectivity index (χ0) is 18.4. The maximum absolute atomic E-state index is 12.7. The summed E-state index contributed by atoms with van der Waals surface area (Å²) in [5.41, 5.74) is 6.52. The van der Waals surface area contributed by atoms with Crippen LogP contribution in [-0.2, 0) is 0 Å². The van der Waals surface area contributed by atoms with Crippen molar-refractivity contribution in [3.05, 3.63) is 47.2 Å². The van der Waals surface area contributed by atoms with Gasteiger partial charge < -0.3 is 5.32 Å². The van der Waals surface area contributed by atoms with Crippen LogP contribution in [0.15, 0.2) is 40.4 Å². The molecule has 3 N–H and O–H groups in total. The Morgan fingerprint density at radius 1 is 1.32 bits per heavy atom. The van der Waals surface area contributed by atoms with E-state index in [0.717, 1.165) is 27.9 Å². The fourth-order valence-corrected chi connectivity index (χ4v) is 2.55. The van der Waals surface area contributed by atoms with Crippen molar-refractivity contribution in [2.75, 3.05) is 14.1 Å². The van der Waals surface area contributed by atoms with Crippen molar-refractivity contribution in [1.82, 2.24) is 21.0 Å². The molecule has 0 aliphatic rings. The molecule has 0 aliphatic carbocycles. The molecule has 7 heteroatoms. The predicted octanol–water partition coefficient (Wildman–Crippen LogP) is 2.04. The SMILES string of the molecule is C=NNC(=NC)NC(=O)c1cc(C)nc2ccc(/C(=C/C)NC)cc12. The molecule has 7 nitrogen and oxygen atoms in total. The Morgan fingerprint density at radius 2 is 2.08 bits per heavy atom. The summed E-state index contributed by atoms with van der Waals surface area (Å²) in [7, 11) is 3.41. The van der Waals surface area contributed by atoms with Crippen molar-refractivity contribution in [1.29, 1.82) is 0 Å². The molecule has 2 aromatic rings. The zero-order valence-electron chi connectivity index (χ0n) is 14.8. The number of aliphatic imine (C=N–C) groups is 1. The molecule has 0 saturated heterocycles. The largest absolute Gasteiger partial charge is 0.388 e. The van der Waals surface area contributed by atoms with E-state index in [4.69, 9.17) is 0 Å². The number of aromatic nitrogens is 1. The number of allylic oxidation sites excluding steroid dienone is 1. The molecular formula is C18H22N6O. The highest BCUT2D eigenvalue weighted by Crippen LogP contribution is 2.23. The second-order valence-electron chi connectivity index (χ2n) is 5.29. The van der Waals surface area contributed by atoms with Gasteiger partial charge in [-0.3, -0.25) is 20.1 Å². The molecule has 0 unspecified atom stereocenters. The number of guanidine groups is 1. The summed E-state index contributed by atoms with van der Waals surface area (Å²) in [5, 5.41) is 10.1. The van der Waals surface area contributed by atoms with Gasteiger partial charge in [0.1, 0.15) is 0 Å². The Hall–Kier alpha value is -3.22. The van der Waals surface area contributed by atoms with E-state index >= 15 is 0 Å². The summed E-state index contributed by atoms with van der Waals surface area (Å²) in [5.74, 6) is -0.0703. The number of nitrogens with one attached hydrogen (secondary N) is 3. The van der Waals surface area contributed by atoms with Crippen LogP contribution in [0, 0.1) is 6.92 Å². The summed E-state index contributed by atoms with van der Waals surface area (Å²) in [6.45, 7) is 7.13. The first kappa shape index (κ1) is 18.1. The highest BCUT2D eigenvalue weighted by Gasteiger charge is 2.15. The molecule has 0 spiro atoms. The lowest BCUT2D eigenvalue weighted by Gasteiger charge is -2.12. The van der Waals surface area contributed by atoms with E-state index in [1.165, 1.54) is 0 Å². The lowest BCUT2D eigenvalue weighted by Crippen LogP contribution is -2.38. The molecule has 2 rings (SSSR count). The molecule has 1 aromatic heterocycles. The van der Waals surface area contributed by atoms with Crippen LogP contribution in [-0.4, -0.2) is 37.7 Å². The number of hydrogen-bond donors (Lipinski definition) is 3.